The molecular formula is C22H29IN6O3. The van der Waals surface area contributed by atoms with E-state index in [-0.39, 0.29) is 24.0 Å². The third kappa shape index (κ3) is 5.53. The highest BCUT2D eigenvalue weighted by atomic mass is 127. The van der Waals surface area contributed by atoms with Crippen LogP contribution in [0.5, 0.6) is 11.5 Å². The molecule has 9 nitrogen and oxygen atoms in total. The molecule has 1 unspecified atom stereocenters. The van der Waals surface area contributed by atoms with Crippen molar-refractivity contribution in [1.82, 2.24) is 25.4 Å². The zero-order valence-corrected chi connectivity index (χ0v) is 20.8. The first-order chi connectivity index (χ1) is 15.2. The van der Waals surface area contributed by atoms with Crippen molar-refractivity contribution in [2.75, 3.05) is 40.9 Å². The summed E-state index contributed by atoms with van der Waals surface area (Å²) in [7, 11) is 5.17. The summed E-state index contributed by atoms with van der Waals surface area (Å²) < 4.78 is 16.2. The van der Waals surface area contributed by atoms with Gasteiger partial charge in [-0.05, 0) is 36.2 Å². The van der Waals surface area contributed by atoms with Crippen molar-refractivity contribution >= 4 is 29.9 Å². The lowest BCUT2D eigenvalue weighted by molar-refractivity contribution is 0.392. The van der Waals surface area contributed by atoms with E-state index >= 15 is 0 Å². The SMILES string of the molecule is CN=C(NCCc1nc(-c2ccco2)n[nH]1)N1CCC(c2cc(OC)cc(OC)c2)C1.I. The number of methoxy groups -OCH3 is 2. The Labute approximate surface area is 204 Å². The maximum absolute atomic E-state index is 5.42. The summed E-state index contributed by atoms with van der Waals surface area (Å²) in [6, 6.07) is 9.74. The average molecular weight is 552 g/mol. The highest BCUT2D eigenvalue weighted by molar-refractivity contribution is 14.0. The second-order valence-electron chi connectivity index (χ2n) is 7.38. The Kier molecular flexibility index (Phi) is 8.37. The fraction of sp³-hybridized carbons (Fsp3) is 0.409. The van der Waals surface area contributed by atoms with E-state index in [1.54, 1.807) is 20.5 Å². The Morgan fingerprint density at radius 1 is 1.28 bits per heavy atom. The van der Waals surface area contributed by atoms with E-state index in [4.69, 9.17) is 13.9 Å². The number of likely N-dealkylation sites (tertiary alicyclic amines) is 1. The average Bonchev–Trinajstić information content (AvgIpc) is 3.57. The number of H-pyrrole nitrogens is 1. The largest absolute Gasteiger partial charge is 0.497 e. The lowest BCUT2D eigenvalue weighted by Crippen LogP contribution is -2.40. The number of ether oxygens (including phenoxy) is 2. The molecule has 0 spiro atoms. The quantitative estimate of drug-likeness (QED) is 0.264. The Hall–Kier alpha value is -2.76. The predicted octanol–water partition coefficient (Wildman–Crippen LogP) is 3.31. The topological polar surface area (TPSA) is 101 Å². The summed E-state index contributed by atoms with van der Waals surface area (Å²) in [4.78, 5) is 11.2. The summed E-state index contributed by atoms with van der Waals surface area (Å²) in [5, 5.41) is 10.6. The van der Waals surface area contributed by atoms with E-state index in [0.29, 0.717) is 30.5 Å². The van der Waals surface area contributed by atoms with Gasteiger partial charge in [0.15, 0.2) is 11.7 Å². The number of nitrogens with one attached hydrogen (secondary N) is 2. The van der Waals surface area contributed by atoms with Crippen LogP contribution in [0.1, 0.15) is 23.7 Å². The number of aliphatic imine (C=N–C) groups is 1. The molecule has 2 N–H and O–H groups in total. The van der Waals surface area contributed by atoms with Crippen molar-refractivity contribution in [3.63, 3.8) is 0 Å². The van der Waals surface area contributed by atoms with E-state index in [9.17, 15) is 0 Å². The van der Waals surface area contributed by atoms with Gasteiger partial charge in [0.1, 0.15) is 17.3 Å². The van der Waals surface area contributed by atoms with Crippen LogP contribution in [-0.2, 0) is 6.42 Å². The van der Waals surface area contributed by atoms with Gasteiger partial charge in [0.2, 0.25) is 5.82 Å². The van der Waals surface area contributed by atoms with Crippen molar-refractivity contribution in [2.24, 2.45) is 4.99 Å². The molecule has 172 valence electrons. The van der Waals surface area contributed by atoms with Crippen LogP contribution in [0.25, 0.3) is 11.6 Å². The number of aromatic nitrogens is 3. The molecule has 2 aromatic heterocycles. The first kappa shape index (κ1) is 23.9. The van der Waals surface area contributed by atoms with Crippen molar-refractivity contribution in [1.29, 1.82) is 0 Å². The number of hydrogen-bond acceptors (Lipinski definition) is 6. The predicted molar refractivity (Wildman–Crippen MR) is 133 cm³/mol. The molecule has 0 bridgehead atoms. The van der Waals surface area contributed by atoms with Crippen LogP contribution in [-0.4, -0.2) is 66.9 Å². The number of hydrogen-bond donors (Lipinski definition) is 2. The van der Waals surface area contributed by atoms with Crippen molar-refractivity contribution in [2.45, 2.75) is 18.8 Å². The number of guanidine groups is 1. The first-order valence-corrected chi connectivity index (χ1v) is 10.3. The minimum atomic E-state index is 0. The van der Waals surface area contributed by atoms with Gasteiger partial charge in [-0.1, -0.05) is 0 Å². The van der Waals surface area contributed by atoms with Crippen LogP contribution in [0, 0.1) is 0 Å². The van der Waals surface area contributed by atoms with Gasteiger partial charge < -0.3 is 24.1 Å². The maximum Gasteiger partial charge on any atom is 0.216 e. The fourth-order valence-corrected chi connectivity index (χ4v) is 3.84. The minimum Gasteiger partial charge on any atom is -0.497 e. The summed E-state index contributed by atoms with van der Waals surface area (Å²) in [5.41, 5.74) is 1.22. The molecule has 0 radical (unpaired) electrons. The molecule has 1 saturated heterocycles. The number of benzene rings is 1. The summed E-state index contributed by atoms with van der Waals surface area (Å²) in [6.45, 7) is 2.53. The summed E-state index contributed by atoms with van der Waals surface area (Å²) >= 11 is 0. The van der Waals surface area contributed by atoms with Crippen molar-refractivity contribution < 1.29 is 13.9 Å². The van der Waals surface area contributed by atoms with Crippen LogP contribution in [0.15, 0.2) is 46.0 Å². The van der Waals surface area contributed by atoms with Gasteiger partial charge in [-0.2, -0.15) is 5.10 Å². The van der Waals surface area contributed by atoms with Gasteiger partial charge in [-0.25, -0.2) is 4.98 Å². The smallest absolute Gasteiger partial charge is 0.216 e. The standard InChI is InChI=1S/C22H28N6O3.HI/c1-23-22(24-8-6-20-25-21(27-26-20)19-5-4-10-31-19)28-9-7-15(14-28)16-11-17(29-2)13-18(12-16)30-3;/h4-5,10-13,15H,6-9,14H2,1-3H3,(H,23,24)(H,25,26,27);1H. The molecule has 0 aliphatic carbocycles. The van der Waals surface area contributed by atoms with Gasteiger partial charge in [0.05, 0.1) is 20.5 Å². The summed E-state index contributed by atoms with van der Waals surface area (Å²) in [5.74, 6) is 4.95. The lowest BCUT2D eigenvalue weighted by Gasteiger charge is -2.22. The molecule has 0 saturated carbocycles. The molecule has 3 heterocycles. The number of nitrogens with zero attached hydrogens (tertiary/aromatic N) is 4. The number of aromatic amines is 1. The van der Waals surface area contributed by atoms with E-state index in [1.807, 2.05) is 25.2 Å². The molecule has 1 atom stereocenters. The highest BCUT2D eigenvalue weighted by Crippen LogP contribution is 2.32. The normalized spacial score (nSPS) is 16.0. The van der Waals surface area contributed by atoms with Crippen LogP contribution >= 0.6 is 24.0 Å². The van der Waals surface area contributed by atoms with Gasteiger partial charge >= 0.3 is 0 Å². The van der Waals surface area contributed by atoms with Gasteiger partial charge in [0.25, 0.3) is 0 Å². The number of halogens is 1. The van der Waals surface area contributed by atoms with Gasteiger partial charge in [-0.15, -0.1) is 24.0 Å². The molecule has 3 aromatic rings. The number of furan rings is 1. The lowest BCUT2D eigenvalue weighted by atomic mass is 9.98. The van der Waals surface area contributed by atoms with E-state index in [1.165, 1.54) is 5.56 Å². The molecule has 32 heavy (non-hydrogen) atoms. The zero-order valence-electron chi connectivity index (χ0n) is 18.5. The fourth-order valence-electron chi connectivity index (χ4n) is 3.84. The third-order valence-electron chi connectivity index (χ3n) is 5.46. The Morgan fingerprint density at radius 3 is 2.72 bits per heavy atom. The van der Waals surface area contributed by atoms with Crippen LogP contribution in [0.4, 0.5) is 0 Å². The van der Waals surface area contributed by atoms with E-state index < -0.39 is 0 Å². The van der Waals surface area contributed by atoms with Crippen molar-refractivity contribution in [3.8, 4) is 23.1 Å². The molecule has 0 amide bonds. The first-order valence-electron chi connectivity index (χ1n) is 10.3. The van der Waals surface area contributed by atoms with Crippen LogP contribution in [0.3, 0.4) is 0 Å². The Morgan fingerprint density at radius 2 is 2.06 bits per heavy atom. The van der Waals surface area contributed by atoms with E-state index in [0.717, 1.165) is 42.8 Å². The monoisotopic (exact) mass is 552 g/mol. The zero-order chi connectivity index (χ0) is 21.6. The minimum absolute atomic E-state index is 0. The Bertz CT molecular complexity index is 998. The van der Waals surface area contributed by atoms with Gasteiger partial charge in [0, 0.05) is 45.1 Å². The van der Waals surface area contributed by atoms with Gasteiger partial charge in [-0.3, -0.25) is 10.1 Å². The molecule has 1 aromatic carbocycles. The molecule has 1 aliphatic rings. The van der Waals surface area contributed by atoms with Crippen molar-refractivity contribution in [3.05, 3.63) is 48.0 Å². The molecule has 1 fully saturated rings. The Balaban J connectivity index is 0.00000289. The second-order valence-corrected chi connectivity index (χ2v) is 7.38. The van der Waals surface area contributed by atoms with Crippen LogP contribution < -0.4 is 14.8 Å². The molecular weight excluding hydrogens is 523 g/mol. The number of rotatable bonds is 7. The molecule has 4 rings (SSSR count). The second kappa shape index (κ2) is 11.2. The van der Waals surface area contributed by atoms with Crippen LogP contribution in [0.2, 0.25) is 0 Å². The molecule has 1 aliphatic heterocycles. The van der Waals surface area contributed by atoms with E-state index in [2.05, 4.69) is 42.5 Å². The molecule has 10 heteroatoms. The highest BCUT2D eigenvalue weighted by Gasteiger charge is 2.27. The third-order valence-corrected chi connectivity index (χ3v) is 5.46. The maximum atomic E-state index is 5.42. The summed E-state index contributed by atoms with van der Waals surface area (Å²) in [6.07, 6.45) is 3.37.